The van der Waals surface area contributed by atoms with E-state index in [1.54, 1.807) is 6.26 Å². The van der Waals surface area contributed by atoms with Gasteiger partial charge in [-0.2, -0.15) is 0 Å². The van der Waals surface area contributed by atoms with Crippen LogP contribution in [0.4, 0.5) is 0 Å². The molecule has 5 nitrogen and oxygen atoms in total. The fraction of sp³-hybridized carbons (Fsp3) is 0.474. The first-order valence-electron chi connectivity index (χ1n) is 8.79. The highest BCUT2D eigenvalue weighted by atomic mass is 32.1. The number of piperidine rings is 1. The van der Waals surface area contributed by atoms with Gasteiger partial charge in [0.15, 0.2) is 0 Å². The van der Waals surface area contributed by atoms with Crippen LogP contribution < -0.4 is 5.32 Å². The van der Waals surface area contributed by atoms with Crippen molar-refractivity contribution in [3.05, 3.63) is 46.5 Å². The molecule has 0 aliphatic carbocycles. The van der Waals surface area contributed by atoms with Crippen LogP contribution in [0, 0.1) is 5.92 Å². The summed E-state index contributed by atoms with van der Waals surface area (Å²) in [5, 5.41) is 5.02. The molecule has 3 rings (SSSR count). The van der Waals surface area contributed by atoms with Gasteiger partial charge in [-0.25, -0.2) is 0 Å². The number of aryl methyl sites for hydroxylation is 1. The van der Waals surface area contributed by atoms with E-state index in [2.05, 4.69) is 5.32 Å². The van der Waals surface area contributed by atoms with E-state index in [-0.39, 0.29) is 23.8 Å². The van der Waals surface area contributed by atoms with Crippen LogP contribution in [-0.2, 0) is 11.2 Å². The molecule has 0 saturated carbocycles. The largest absolute Gasteiger partial charge is 0.469 e. The minimum atomic E-state index is -0.00144. The van der Waals surface area contributed by atoms with E-state index in [0.29, 0.717) is 13.1 Å². The molecule has 0 aromatic carbocycles. The average molecular weight is 360 g/mol. The molecule has 0 radical (unpaired) electrons. The zero-order chi connectivity index (χ0) is 17.6. The fourth-order valence-corrected chi connectivity index (χ4v) is 3.84. The second-order valence-corrected chi connectivity index (χ2v) is 7.52. The molecular weight excluding hydrogens is 336 g/mol. The molecule has 1 aliphatic heterocycles. The fourth-order valence-electron chi connectivity index (χ4n) is 3.15. The number of nitrogens with zero attached hydrogens (tertiary/aromatic N) is 1. The van der Waals surface area contributed by atoms with Crippen LogP contribution in [0.2, 0.25) is 0 Å². The van der Waals surface area contributed by atoms with Crippen molar-refractivity contribution in [3.8, 4) is 0 Å². The third kappa shape index (κ3) is 4.72. The average Bonchev–Trinajstić information content (AvgIpc) is 3.33. The molecule has 1 aliphatic rings. The molecule has 1 unspecified atom stereocenters. The molecule has 3 heterocycles. The van der Waals surface area contributed by atoms with E-state index in [1.807, 2.05) is 41.5 Å². The summed E-state index contributed by atoms with van der Waals surface area (Å²) in [7, 11) is 0. The van der Waals surface area contributed by atoms with E-state index >= 15 is 0 Å². The van der Waals surface area contributed by atoms with E-state index in [1.165, 1.54) is 11.3 Å². The zero-order valence-electron chi connectivity index (χ0n) is 14.4. The van der Waals surface area contributed by atoms with Gasteiger partial charge in [0.25, 0.3) is 5.91 Å². The van der Waals surface area contributed by atoms with Crippen molar-refractivity contribution in [1.82, 2.24) is 10.2 Å². The summed E-state index contributed by atoms with van der Waals surface area (Å²) >= 11 is 1.47. The number of amides is 2. The van der Waals surface area contributed by atoms with Gasteiger partial charge in [-0.05, 0) is 49.8 Å². The van der Waals surface area contributed by atoms with Crippen molar-refractivity contribution in [3.63, 3.8) is 0 Å². The number of likely N-dealkylation sites (tertiary alicyclic amines) is 1. The Hall–Kier alpha value is -2.08. The molecular formula is C19H24N2O3S. The van der Waals surface area contributed by atoms with Crippen molar-refractivity contribution in [2.75, 3.05) is 13.1 Å². The molecule has 134 valence electrons. The Morgan fingerprint density at radius 2 is 2.12 bits per heavy atom. The Balaban J connectivity index is 1.41. The Labute approximate surface area is 152 Å². The van der Waals surface area contributed by atoms with E-state index < -0.39 is 0 Å². The summed E-state index contributed by atoms with van der Waals surface area (Å²) < 4.78 is 5.32. The van der Waals surface area contributed by atoms with Gasteiger partial charge in [0.05, 0.1) is 11.1 Å². The molecule has 1 atom stereocenters. The van der Waals surface area contributed by atoms with Crippen molar-refractivity contribution >= 4 is 23.2 Å². The van der Waals surface area contributed by atoms with E-state index in [9.17, 15) is 9.59 Å². The van der Waals surface area contributed by atoms with Gasteiger partial charge in [-0.3, -0.25) is 9.59 Å². The highest BCUT2D eigenvalue weighted by molar-refractivity contribution is 7.12. The minimum absolute atomic E-state index is 0.00144. The maximum Gasteiger partial charge on any atom is 0.263 e. The predicted molar refractivity (Wildman–Crippen MR) is 97.6 cm³/mol. The summed E-state index contributed by atoms with van der Waals surface area (Å²) in [4.78, 5) is 27.4. The molecule has 1 fully saturated rings. The first kappa shape index (κ1) is 17.7. The normalized spacial score (nSPS) is 16.6. The zero-order valence-corrected chi connectivity index (χ0v) is 15.3. The van der Waals surface area contributed by atoms with Crippen LogP contribution in [0.3, 0.4) is 0 Å². The lowest BCUT2D eigenvalue weighted by Crippen LogP contribution is -2.44. The Morgan fingerprint density at radius 3 is 2.76 bits per heavy atom. The highest BCUT2D eigenvalue weighted by Gasteiger charge is 2.28. The van der Waals surface area contributed by atoms with Gasteiger partial charge in [-0.15, -0.1) is 11.3 Å². The number of hydrogen-bond donors (Lipinski definition) is 1. The Morgan fingerprint density at radius 1 is 1.32 bits per heavy atom. The first-order valence-corrected chi connectivity index (χ1v) is 9.67. The lowest BCUT2D eigenvalue weighted by atomic mass is 9.95. The number of carbonyl (C=O) groups is 2. The molecule has 0 bridgehead atoms. The van der Waals surface area contributed by atoms with Gasteiger partial charge in [0.2, 0.25) is 5.91 Å². The van der Waals surface area contributed by atoms with Crippen molar-refractivity contribution in [1.29, 1.82) is 0 Å². The third-order valence-electron chi connectivity index (χ3n) is 4.68. The van der Waals surface area contributed by atoms with E-state index in [0.717, 1.165) is 36.3 Å². The third-order valence-corrected chi connectivity index (χ3v) is 5.54. The monoisotopic (exact) mass is 360 g/mol. The van der Waals surface area contributed by atoms with Crippen LogP contribution >= 0.6 is 11.3 Å². The maximum atomic E-state index is 12.4. The standard InChI is InChI=1S/C19H24N2O3S/c1-14(6-7-16-4-2-12-24-16)20-18(22)15-8-10-21(11-9-15)19(23)17-5-3-13-25-17/h2-5,12-15H,6-11H2,1H3,(H,20,22). The topological polar surface area (TPSA) is 62.6 Å². The lowest BCUT2D eigenvalue weighted by molar-refractivity contribution is -0.126. The summed E-state index contributed by atoms with van der Waals surface area (Å²) in [6.45, 7) is 3.32. The summed E-state index contributed by atoms with van der Waals surface area (Å²) in [6.07, 6.45) is 4.81. The van der Waals surface area contributed by atoms with E-state index in [4.69, 9.17) is 4.42 Å². The van der Waals surface area contributed by atoms with Gasteiger partial charge in [-0.1, -0.05) is 6.07 Å². The Bertz CT molecular complexity index is 674. The van der Waals surface area contributed by atoms with Crippen molar-refractivity contribution in [2.45, 2.75) is 38.6 Å². The number of hydrogen-bond acceptors (Lipinski definition) is 4. The second-order valence-electron chi connectivity index (χ2n) is 6.57. The number of nitrogens with one attached hydrogen (secondary N) is 1. The number of rotatable bonds is 6. The second kappa shape index (κ2) is 8.34. The molecule has 2 aromatic heterocycles. The highest BCUT2D eigenvalue weighted by Crippen LogP contribution is 2.21. The maximum absolute atomic E-state index is 12.4. The Kier molecular flexibility index (Phi) is 5.91. The van der Waals surface area contributed by atoms with Crippen LogP contribution in [0.25, 0.3) is 0 Å². The summed E-state index contributed by atoms with van der Waals surface area (Å²) in [6, 6.07) is 7.69. The van der Waals surface area contributed by atoms with Crippen LogP contribution in [0.15, 0.2) is 40.3 Å². The van der Waals surface area contributed by atoms with Crippen LogP contribution in [0.5, 0.6) is 0 Å². The SMILES string of the molecule is CC(CCc1ccco1)NC(=O)C1CCN(C(=O)c2cccs2)CC1. The van der Waals surface area contributed by atoms with Gasteiger partial charge < -0.3 is 14.6 Å². The van der Waals surface area contributed by atoms with Crippen LogP contribution in [-0.4, -0.2) is 35.8 Å². The van der Waals surface area contributed by atoms with Gasteiger partial charge in [0, 0.05) is 31.5 Å². The first-order chi connectivity index (χ1) is 12.1. The molecule has 6 heteroatoms. The lowest BCUT2D eigenvalue weighted by Gasteiger charge is -2.31. The quantitative estimate of drug-likeness (QED) is 0.859. The van der Waals surface area contributed by atoms with Gasteiger partial charge in [0.1, 0.15) is 5.76 Å². The predicted octanol–water partition coefficient (Wildman–Crippen LogP) is 3.33. The minimum Gasteiger partial charge on any atom is -0.469 e. The van der Waals surface area contributed by atoms with Gasteiger partial charge >= 0.3 is 0 Å². The number of thiophene rings is 1. The summed E-state index contributed by atoms with van der Waals surface area (Å²) in [5.74, 6) is 1.13. The molecule has 2 amide bonds. The number of furan rings is 1. The molecule has 1 N–H and O–H groups in total. The molecule has 2 aromatic rings. The number of carbonyl (C=O) groups excluding carboxylic acids is 2. The smallest absolute Gasteiger partial charge is 0.263 e. The molecule has 0 spiro atoms. The van der Waals surface area contributed by atoms with Crippen molar-refractivity contribution in [2.24, 2.45) is 5.92 Å². The molecule has 1 saturated heterocycles. The van der Waals surface area contributed by atoms with Crippen LogP contribution in [0.1, 0.15) is 41.6 Å². The molecule has 25 heavy (non-hydrogen) atoms. The summed E-state index contributed by atoms with van der Waals surface area (Å²) in [5.41, 5.74) is 0. The van der Waals surface area contributed by atoms with Crippen molar-refractivity contribution < 1.29 is 14.0 Å².